The number of nitrogens with one attached hydrogen (secondary N) is 1. The number of piperazine rings is 1. The van der Waals surface area contributed by atoms with Crippen LogP contribution < -0.4 is 5.32 Å². The van der Waals surface area contributed by atoms with Crippen molar-refractivity contribution in [3.05, 3.63) is 59.7 Å². The molecular weight excluding hydrogens is 572 g/mol. The number of fused-ring (bicyclic) bond motifs is 1. The lowest BCUT2D eigenvalue weighted by Gasteiger charge is -2.59. The van der Waals surface area contributed by atoms with E-state index in [1.54, 1.807) is 24.3 Å². The standard InChI is InChI=1S/C34H46N6O5/c1-36-15-11-28(12-16-36)37-18-20-38(21-19-37)34(14-23-41)24-29(39-17-10-27-4-2-3-5-31(27)35-32(39)43)13-22-40(34,33(44)45)25-26-6-8-30(42)9-7-26/h2-9,23,28-29H,10-22,24-25H2,1H3,(H2-,35,42,43,44,45)/p+1/t29?,34?,40-/m0/s1. The van der Waals surface area contributed by atoms with Crippen molar-refractivity contribution in [3.8, 4) is 5.75 Å². The van der Waals surface area contributed by atoms with E-state index in [-0.39, 0.29) is 41.8 Å². The molecule has 0 radical (unpaired) electrons. The van der Waals surface area contributed by atoms with Crippen molar-refractivity contribution < 1.29 is 29.1 Å². The van der Waals surface area contributed by atoms with Gasteiger partial charge in [-0.05, 0) is 75.3 Å². The molecule has 4 aliphatic rings. The second-order valence-corrected chi connectivity index (χ2v) is 13.4. The number of para-hydroxylation sites is 1. The Morgan fingerprint density at radius 3 is 2.38 bits per heavy atom. The number of quaternary nitrogens is 1. The molecule has 0 aliphatic carbocycles. The molecule has 11 heteroatoms. The summed E-state index contributed by atoms with van der Waals surface area (Å²) in [5.74, 6) is 0.122. The summed E-state index contributed by atoms with van der Waals surface area (Å²) in [5, 5.41) is 24.2. The maximum Gasteiger partial charge on any atom is 0.515 e. The number of carboxylic acid groups (broad SMARTS) is 1. The van der Waals surface area contributed by atoms with Gasteiger partial charge >= 0.3 is 12.1 Å². The van der Waals surface area contributed by atoms with Crippen molar-refractivity contribution in [2.24, 2.45) is 0 Å². The van der Waals surface area contributed by atoms with Gasteiger partial charge in [-0.25, -0.2) is 14.2 Å². The Bertz CT molecular complexity index is 1370. The van der Waals surface area contributed by atoms with Gasteiger partial charge in [-0.15, -0.1) is 0 Å². The van der Waals surface area contributed by atoms with Crippen LogP contribution in [0.15, 0.2) is 48.5 Å². The van der Waals surface area contributed by atoms with Crippen LogP contribution >= 0.6 is 0 Å². The molecule has 45 heavy (non-hydrogen) atoms. The number of piperidine rings is 2. The molecule has 0 saturated carbocycles. The monoisotopic (exact) mass is 619 g/mol. The van der Waals surface area contributed by atoms with Gasteiger partial charge in [-0.1, -0.05) is 18.2 Å². The fourth-order valence-corrected chi connectivity index (χ4v) is 8.50. The van der Waals surface area contributed by atoms with E-state index in [1.165, 1.54) is 0 Å². The van der Waals surface area contributed by atoms with Gasteiger partial charge in [0.2, 0.25) is 0 Å². The summed E-state index contributed by atoms with van der Waals surface area (Å²) in [7, 11) is 2.16. The largest absolute Gasteiger partial charge is 0.515 e. The predicted molar refractivity (Wildman–Crippen MR) is 171 cm³/mol. The minimum Gasteiger partial charge on any atom is -0.508 e. The van der Waals surface area contributed by atoms with Crippen LogP contribution in [-0.2, 0) is 17.8 Å². The van der Waals surface area contributed by atoms with E-state index in [0.29, 0.717) is 44.9 Å². The summed E-state index contributed by atoms with van der Waals surface area (Å²) in [6, 6.07) is 14.7. The first-order chi connectivity index (χ1) is 21.7. The van der Waals surface area contributed by atoms with Crippen LogP contribution in [0.5, 0.6) is 5.75 Å². The van der Waals surface area contributed by atoms with Crippen LogP contribution in [0.25, 0.3) is 0 Å². The summed E-state index contributed by atoms with van der Waals surface area (Å²) < 4.78 is -0.309. The first-order valence-electron chi connectivity index (χ1n) is 16.4. The Kier molecular flexibility index (Phi) is 9.15. The van der Waals surface area contributed by atoms with E-state index in [9.17, 15) is 24.6 Å². The second kappa shape index (κ2) is 13.1. The minimum atomic E-state index is -1.05. The average molecular weight is 620 g/mol. The molecule has 3 amide bonds. The molecule has 242 valence electrons. The highest BCUT2D eigenvalue weighted by atomic mass is 16.4. The van der Waals surface area contributed by atoms with Crippen LogP contribution in [0.3, 0.4) is 0 Å². The number of amides is 3. The van der Waals surface area contributed by atoms with Gasteiger partial charge < -0.3 is 30.1 Å². The van der Waals surface area contributed by atoms with Crippen molar-refractivity contribution >= 4 is 24.1 Å². The zero-order chi connectivity index (χ0) is 31.6. The maximum absolute atomic E-state index is 13.7. The summed E-state index contributed by atoms with van der Waals surface area (Å²) in [5.41, 5.74) is 1.63. The van der Waals surface area contributed by atoms with Crippen LogP contribution in [0.1, 0.15) is 43.2 Å². The molecule has 3 N–H and O–H groups in total. The van der Waals surface area contributed by atoms with Crippen LogP contribution in [0.2, 0.25) is 0 Å². The van der Waals surface area contributed by atoms with Gasteiger partial charge in [0.1, 0.15) is 18.6 Å². The van der Waals surface area contributed by atoms with Gasteiger partial charge in [-0.2, -0.15) is 4.79 Å². The lowest BCUT2D eigenvalue weighted by Crippen LogP contribution is -2.79. The number of hydrogen-bond acceptors (Lipinski definition) is 7. The Labute approximate surface area is 265 Å². The van der Waals surface area contributed by atoms with Crippen molar-refractivity contribution in [2.45, 2.75) is 62.8 Å². The lowest BCUT2D eigenvalue weighted by atomic mass is 9.82. The van der Waals surface area contributed by atoms with Gasteiger partial charge in [0.25, 0.3) is 0 Å². The summed E-state index contributed by atoms with van der Waals surface area (Å²) in [4.78, 5) is 49.0. The van der Waals surface area contributed by atoms with E-state index < -0.39 is 11.8 Å². The zero-order valence-electron chi connectivity index (χ0n) is 26.3. The number of carbonyl (C=O) groups is 3. The summed E-state index contributed by atoms with van der Waals surface area (Å²) in [6.07, 6.45) is 3.82. The SMILES string of the molecule is CN1CCC(N2CCN(C3(CC=O)CC(N4CCc5ccccc5NC4=O)CC[N@+]3(Cc3ccc(O)cc3)C(=O)O)CC2)CC1. The maximum atomic E-state index is 13.7. The Morgan fingerprint density at radius 1 is 0.978 bits per heavy atom. The Hall–Kier alpha value is -3.51. The molecule has 2 aromatic rings. The molecule has 3 fully saturated rings. The number of urea groups is 1. The first kappa shape index (κ1) is 31.5. The van der Waals surface area contributed by atoms with Crippen molar-refractivity contribution in [1.29, 1.82) is 0 Å². The van der Waals surface area contributed by atoms with Crippen molar-refractivity contribution in [1.82, 2.24) is 19.6 Å². The van der Waals surface area contributed by atoms with E-state index in [0.717, 1.165) is 62.1 Å². The summed E-state index contributed by atoms with van der Waals surface area (Å²) >= 11 is 0. The molecule has 11 nitrogen and oxygen atoms in total. The number of nitrogens with zero attached hydrogens (tertiary/aromatic N) is 5. The molecule has 0 bridgehead atoms. The number of phenols is 1. The zero-order valence-corrected chi connectivity index (χ0v) is 26.3. The molecule has 0 spiro atoms. The van der Waals surface area contributed by atoms with Crippen molar-refractivity contribution in [3.63, 3.8) is 0 Å². The molecule has 2 aromatic carbocycles. The number of rotatable bonds is 7. The van der Waals surface area contributed by atoms with Gasteiger partial charge in [-0.3, -0.25) is 4.90 Å². The smallest absolute Gasteiger partial charge is 0.508 e. The molecule has 3 atom stereocenters. The first-order valence-corrected chi connectivity index (χ1v) is 16.4. The van der Waals surface area contributed by atoms with Gasteiger partial charge in [0, 0.05) is 68.9 Å². The van der Waals surface area contributed by atoms with Crippen molar-refractivity contribution in [2.75, 3.05) is 64.7 Å². The number of benzene rings is 2. The van der Waals surface area contributed by atoms with Crippen LogP contribution in [0, 0.1) is 0 Å². The number of aromatic hydroxyl groups is 1. The van der Waals surface area contributed by atoms with Crippen LogP contribution in [0.4, 0.5) is 15.3 Å². The quantitative estimate of drug-likeness (QED) is 0.318. The fraction of sp³-hybridized carbons (Fsp3) is 0.559. The number of carbonyl (C=O) groups excluding carboxylic acids is 2. The highest BCUT2D eigenvalue weighted by Crippen LogP contribution is 2.45. The minimum absolute atomic E-state index is 0.0534. The molecular formula is C34H47N6O5+. The number of likely N-dealkylation sites (tertiary alicyclic amines) is 2. The molecule has 3 saturated heterocycles. The molecule has 2 unspecified atom stereocenters. The number of anilines is 1. The van der Waals surface area contributed by atoms with E-state index in [1.807, 2.05) is 29.2 Å². The highest BCUT2D eigenvalue weighted by Gasteiger charge is 2.64. The third-order valence-electron chi connectivity index (χ3n) is 11.1. The average Bonchev–Trinajstić information content (AvgIpc) is 3.21. The third-order valence-corrected chi connectivity index (χ3v) is 11.1. The number of phenolic OH excluding ortho intramolecular Hbond substituents is 1. The van der Waals surface area contributed by atoms with Gasteiger partial charge in [0.05, 0.1) is 13.0 Å². The predicted octanol–water partition coefficient (Wildman–Crippen LogP) is 3.64. The Morgan fingerprint density at radius 2 is 1.69 bits per heavy atom. The van der Waals surface area contributed by atoms with E-state index in [4.69, 9.17) is 0 Å². The molecule has 4 heterocycles. The van der Waals surface area contributed by atoms with E-state index in [2.05, 4.69) is 27.1 Å². The number of hydrogen-bond donors (Lipinski definition) is 3. The fourth-order valence-electron chi connectivity index (χ4n) is 8.50. The molecule has 6 rings (SSSR count). The molecule has 4 aliphatic heterocycles. The third kappa shape index (κ3) is 6.06. The topological polar surface area (TPSA) is 117 Å². The lowest BCUT2D eigenvalue weighted by molar-refractivity contribution is -0.942. The summed E-state index contributed by atoms with van der Waals surface area (Å²) in [6.45, 7) is 6.10. The normalized spacial score (nSPS) is 29.0. The number of aldehydes is 1. The Balaban J connectivity index is 1.33. The molecule has 0 aromatic heterocycles. The highest BCUT2D eigenvalue weighted by molar-refractivity contribution is 5.91. The van der Waals surface area contributed by atoms with Crippen LogP contribution in [-0.4, -0.2) is 130 Å². The second-order valence-electron chi connectivity index (χ2n) is 13.4. The van der Waals surface area contributed by atoms with Gasteiger partial charge in [0.15, 0.2) is 5.66 Å². The van der Waals surface area contributed by atoms with E-state index >= 15 is 0 Å².